The molecular weight excluding hydrogens is 406 g/mol. The first kappa shape index (κ1) is 21.3. The molecule has 1 aromatic carbocycles. The van der Waals surface area contributed by atoms with Crippen LogP contribution < -0.4 is 15.4 Å². The maximum Gasteiger partial charge on any atom is 0.387 e. The molecule has 2 fully saturated rings. The van der Waals surface area contributed by atoms with Gasteiger partial charge in [0.1, 0.15) is 5.75 Å². The smallest absolute Gasteiger partial charge is 0.387 e. The number of halogens is 2. The second kappa shape index (κ2) is 9.03. The van der Waals surface area contributed by atoms with Crippen LogP contribution in [0.3, 0.4) is 0 Å². The predicted molar refractivity (Wildman–Crippen MR) is 110 cm³/mol. The van der Waals surface area contributed by atoms with E-state index in [2.05, 4.69) is 32.5 Å². The predicted octanol–water partition coefficient (Wildman–Crippen LogP) is 2.15. The Labute approximate surface area is 179 Å². The van der Waals surface area contributed by atoms with Gasteiger partial charge in [0.2, 0.25) is 11.8 Å². The van der Waals surface area contributed by atoms with Crippen LogP contribution >= 0.6 is 0 Å². The summed E-state index contributed by atoms with van der Waals surface area (Å²) < 4.78 is 29.7. The normalized spacial score (nSPS) is 26.7. The molecule has 1 aliphatic heterocycles. The molecule has 7 nitrogen and oxygen atoms in total. The zero-order valence-corrected chi connectivity index (χ0v) is 17.3. The van der Waals surface area contributed by atoms with Gasteiger partial charge in [-0.3, -0.25) is 14.5 Å². The number of nitrogens with one attached hydrogen (secondary N) is 2. The van der Waals surface area contributed by atoms with Crippen LogP contribution in [0.5, 0.6) is 5.75 Å². The lowest BCUT2D eigenvalue weighted by Crippen LogP contribution is -2.43. The Morgan fingerprint density at radius 2 is 1.84 bits per heavy atom. The summed E-state index contributed by atoms with van der Waals surface area (Å²) in [5, 5.41) is 6.19. The van der Waals surface area contributed by atoms with Crippen LogP contribution in [0.2, 0.25) is 0 Å². The number of nitrogens with zero attached hydrogens (tertiary/aromatic N) is 2. The van der Waals surface area contributed by atoms with Gasteiger partial charge in [0.15, 0.2) is 5.96 Å². The Balaban J connectivity index is 1.34. The Bertz CT molecular complexity index is 874. The Morgan fingerprint density at radius 3 is 2.48 bits per heavy atom. The van der Waals surface area contributed by atoms with Crippen molar-refractivity contribution in [3.63, 3.8) is 0 Å². The van der Waals surface area contributed by atoms with Crippen LogP contribution in [0.25, 0.3) is 0 Å². The van der Waals surface area contributed by atoms with Crippen molar-refractivity contribution < 1.29 is 23.1 Å². The highest BCUT2D eigenvalue weighted by atomic mass is 19.3. The molecule has 2 amide bonds. The van der Waals surface area contributed by atoms with Gasteiger partial charge in [0.25, 0.3) is 0 Å². The summed E-state index contributed by atoms with van der Waals surface area (Å²) >= 11 is 0. The van der Waals surface area contributed by atoms with Crippen molar-refractivity contribution in [2.75, 3.05) is 19.6 Å². The van der Waals surface area contributed by atoms with Gasteiger partial charge in [-0.15, -0.1) is 0 Å². The minimum Gasteiger partial charge on any atom is -0.434 e. The number of hydrogen-bond acceptors (Lipinski definition) is 4. The number of fused-ring (bicyclic) bond motifs is 5. The number of carbonyl (C=O) groups excluding carboxylic acids is 2. The third kappa shape index (κ3) is 4.26. The number of likely N-dealkylation sites (tertiary alicyclic amines) is 1. The molecule has 31 heavy (non-hydrogen) atoms. The monoisotopic (exact) mass is 432 g/mol. The van der Waals surface area contributed by atoms with Crippen molar-refractivity contribution in [2.45, 2.75) is 26.5 Å². The van der Waals surface area contributed by atoms with Crippen LogP contribution in [0.4, 0.5) is 8.78 Å². The minimum atomic E-state index is -2.91. The fraction of sp³-hybridized carbons (Fsp3) is 0.500. The molecule has 2 aliphatic carbocycles. The highest BCUT2D eigenvalue weighted by Crippen LogP contribution is 2.52. The lowest BCUT2D eigenvalue weighted by molar-refractivity contribution is -0.140. The molecule has 2 bridgehead atoms. The van der Waals surface area contributed by atoms with Gasteiger partial charge in [-0.05, 0) is 31.2 Å². The summed E-state index contributed by atoms with van der Waals surface area (Å²) in [6.45, 7) is 0.348. The quantitative estimate of drug-likeness (QED) is 0.285. The van der Waals surface area contributed by atoms with Gasteiger partial charge in [-0.25, -0.2) is 4.99 Å². The van der Waals surface area contributed by atoms with E-state index in [-0.39, 0.29) is 54.3 Å². The van der Waals surface area contributed by atoms with Crippen LogP contribution in [0.15, 0.2) is 41.4 Å². The van der Waals surface area contributed by atoms with Gasteiger partial charge in [-0.2, -0.15) is 8.78 Å². The molecule has 1 saturated heterocycles. The molecule has 4 unspecified atom stereocenters. The van der Waals surface area contributed by atoms with Gasteiger partial charge in [0.05, 0.1) is 18.4 Å². The van der Waals surface area contributed by atoms with Crippen molar-refractivity contribution in [3.8, 4) is 5.75 Å². The lowest BCUT2D eigenvalue weighted by Gasteiger charge is -2.18. The number of ether oxygens (including phenoxy) is 1. The number of hydrogen-bond donors (Lipinski definition) is 2. The van der Waals surface area contributed by atoms with Crippen molar-refractivity contribution in [1.82, 2.24) is 15.5 Å². The summed E-state index contributed by atoms with van der Waals surface area (Å²) in [5.74, 6) is 0.391. The summed E-state index contributed by atoms with van der Waals surface area (Å²) in [7, 11) is 0. The number of allylic oxidation sites excluding steroid dienone is 2. The third-order valence-electron chi connectivity index (χ3n) is 6.13. The number of carbonyl (C=O) groups is 2. The summed E-state index contributed by atoms with van der Waals surface area (Å²) in [5.41, 5.74) is 0.528. The topological polar surface area (TPSA) is 83.0 Å². The fourth-order valence-electron chi connectivity index (χ4n) is 4.82. The van der Waals surface area contributed by atoms with Crippen molar-refractivity contribution in [1.29, 1.82) is 0 Å². The van der Waals surface area contributed by atoms with E-state index < -0.39 is 6.61 Å². The lowest BCUT2D eigenvalue weighted by atomic mass is 9.85. The van der Waals surface area contributed by atoms with Crippen LogP contribution in [-0.2, 0) is 16.1 Å². The highest BCUT2D eigenvalue weighted by Gasteiger charge is 2.58. The SMILES string of the molecule is CCNC(=NCc1ccccc1OC(F)F)NCCN1C(=O)C2C3C=CC(C3)C2C1=O. The molecular formula is C22H26F2N4O3. The van der Waals surface area contributed by atoms with Gasteiger partial charge < -0.3 is 15.4 Å². The minimum absolute atomic E-state index is 0.0753. The first-order valence-corrected chi connectivity index (χ1v) is 10.6. The second-order valence-electron chi connectivity index (χ2n) is 7.94. The van der Waals surface area contributed by atoms with Gasteiger partial charge in [0, 0.05) is 25.2 Å². The molecule has 1 aromatic rings. The number of aliphatic imine (C=N–C) groups is 1. The van der Waals surface area contributed by atoms with Gasteiger partial charge >= 0.3 is 6.61 Å². The van der Waals surface area contributed by atoms with Crippen LogP contribution in [-0.4, -0.2) is 48.9 Å². The Morgan fingerprint density at radius 1 is 1.16 bits per heavy atom. The second-order valence-corrected chi connectivity index (χ2v) is 7.94. The molecule has 4 atom stereocenters. The fourth-order valence-corrected chi connectivity index (χ4v) is 4.82. The Hall–Kier alpha value is -2.97. The molecule has 0 aromatic heterocycles. The maximum absolute atomic E-state index is 12.7. The van der Waals surface area contributed by atoms with E-state index in [0.717, 1.165) is 6.42 Å². The largest absolute Gasteiger partial charge is 0.434 e. The number of amides is 2. The zero-order valence-electron chi connectivity index (χ0n) is 17.3. The Kier molecular flexibility index (Phi) is 6.20. The molecule has 0 spiro atoms. The van der Waals surface area contributed by atoms with E-state index in [1.165, 1.54) is 11.0 Å². The molecule has 2 N–H and O–H groups in total. The van der Waals surface area contributed by atoms with Gasteiger partial charge in [-0.1, -0.05) is 30.4 Å². The van der Waals surface area contributed by atoms with Crippen molar-refractivity contribution >= 4 is 17.8 Å². The standard InChI is InChI=1S/C22H26F2N4O3/c1-2-25-22(27-12-15-5-3-4-6-16(15)31-21(23)24)26-9-10-28-19(29)17-13-7-8-14(11-13)18(17)20(28)30/h3-8,13-14,17-18,21H,2,9-12H2,1H3,(H2,25,26,27). The molecule has 0 radical (unpaired) electrons. The van der Waals surface area contributed by atoms with E-state index >= 15 is 0 Å². The average molecular weight is 432 g/mol. The number of rotatable bonds is 8. The van der Waals surface area contributed by atoms with E-state index in [1.807, 2.05) is 6.92 Å². The third-order valence-corrected chi connectivity index (χ3v) is 6.13. The zero-order chi connectivity index (χ0) is 22.0. The number of benzene rings is 1. The van der Waals surface area contributed by atoms with Crippen LogP contribution in [0.1, 0.15) is 18.9 Å². The molecule has 1 saturated carbocycles. The highest BCUT2D eigenvalue weighted by molar-refractivity contribution is 6.06. The maximum atomic E-state index is 12.7. The first-order chi connectivity index (χ1) is 15.0. The number of alkyl halides is 2. The molecule has 1 heterocycles. The summed E-state index contributed by atoms with van der Waals surface area (Å²) in [4.78, 5) is 31.3. The van der Waals surface area contributed by atoms with E-state index in [4.69, 9.17) is 0 Å². The van der Waals surface area contributed by atoms with Crippen LogP contribution in [0, 0.1) is 23.7 Å². The molecule has 9 heteroatoms. The molecule has 166 valence electrons. The van der Waals surface area contributed by atoms with Crippen molar-refractivity contribution in [2.24, 2.45) is 28.7 Å². The number of guanidine groups is 1. The van der Waals surface area contributed by atoms with E-state index in [0.29, 0.717) is 24.6 Å². The van der Waals surface area contributed by atoms with E-state index in [1.54, 1.807) is 18.2 Å². The summed E-state index contributed by atoms with van der Waals surface area (Å²) in [6.07, 6.45) is 5.06. The molecule has 4 rings (SSSR count). The molecule has 3 aliphatic rings. The number of para-hydroxylation sites is 1. The van der Waals surface area contributed by atoms with Crippen molar-refractivity contribution in [3.05, 3.63) is 42.0 Å². The van der Waals surface area contributed by atoms with E-state index in [9.17, 15) is 18.4 Å². The first-order valence-electron chi connectivity index (χ1n) is 10.6. The summed E-state index contributed by atoms with van der Waals surface area (Å²) in [6, 6.07) is 6.50. The number of imide groups is 1. The average Bonchev–Trinajstić information content (AvgIpc) is 3.42.